The molecule has 2 amide bonds. The Kier molecular flexibility index (Phi) is 6.25. The smallest absolute Gasteiger partial charge is 0.417 e. The lowest BCUT2D eigenvalue weighted by Crippen LogP contribution is -2.42. The van der Waals surface area contributed by atoms with Crippen molar-refractivity contribution in [2.75, 3.05) is 6.54 Å². The summed E-state index contributed by atoms with van der Waals surface area (Å²) in [4.78, 5) is 17.2. The van der Waals surface area contributed by atoms with E-state index in [1.165, 1.54) is 6.07 Å². The summed E-state index contributed by atoms with van der Waals surface area (Å²) < 4.78 is 43.7. The molecular formula is C23H20F3N5O2. The number of carbonyl (C=O) groups is 1. The summed E-state index contributed by atoms with van der Waals surface area (Å²) in [6.45, 7) is 0.452. The first-order chi connectivity index (χ1) is 15.8. The van der Waals surface area contributed by atoms with Crippen LogP contribution in [0.1, 0.15) is 35.7 Å². The summed E-state index contributed by atoms with van der Waals surface area (Å²) in [7, 11) is 0. The first-order valence-electron chi connectivity index (χ1n) is 10.1. The normalized spacial score (nSPS) is 17.7. The highest BCUT2D eigenvalue weighted by molar-refractivity contribution is 5.73. The second-order valence-electron chi connectivity index (χ2n) is 7.51. The lowest BCUT2D eigenvalue weighted by Gasteiger charge is -2.35. The number of hydrogen-bond donors (Lipinski definition) is 1. The van der Waals surface area contributed by atoms with E-state index in [-0.39, 0.29) is 11.9 Å². The van der Waals surface area contributed by atoms with E-state index < -0.39 is 17.8 Å². The predicted octanol–water partition coefficient (Wildman–Crippen LogP) is 4.98. The molecule has 0 aliphatic carbocycles. The van der Waals surface area contributed by atoms with E-state index in [9.17, 15) is 18.0 Å². The molecule has 1 aliphatic heterocycles. The molecule has 0 radical (unpaired) electrons. The lowest BCUT2D eigenvalue weighted by molar-refractivity contribution is -0.137. The molecule has 3 heterocycles. The highest BCUT2D eigenvalue weighted by atomic mass is 19.4. The number of hydrogen-bond acceptors (Lipinski definition) is 5. The van der Waals surface area contributed by atoms with Crippen molar-refractivity contribution < 1.29 is 22.7 Å². The minimum atomic E-state index is -4.45. The van der Waals surface area contributed by atoms with E-state index in [1.807, 2.05) is 18.2 Å². The Balaban J connectivity index is 1.51. The zero-order valence-corrected chi connectivity index (χ0v) is 17.4. The molecule has 0 bridgehead atoms. The molecule has 2 aromatic heterocycles. The third kappa shape index (κ3) is 5.46. The maximum Gasteiger partial charge on any atom is 0.417 e. The van der Waals surface area contributed by atoms with Crippen LogP contribution in [-0.4, -0.2) is 32.7 Å². The van der Waals surface area contributed by atoms with E-state index in [2.05, 4.69) is 15.2 Å². The number of aromatic nitrogens is 3. The van der Waals surface area contributed by atoms with Crippen molar-refractivity contribution in [3.8, 4) is 11.6 Å². The molecule has 1 fully saturated rings. The monoisotopic (exact) mass is 455 g/mol. The van der Waals surface area contributed by atoms with E-state index in [0.29, 0.717) is 30.8 Å². The molecule has 170 valence electrons. The van der Waals surface area contributed by atoms with Gasteiger partial charge < -0.3 is 15.4 Å². The van der Waals surface area contributed by atoms with Crippen LogP contribution in [0.15, 0.2) is 66.5 Å². The summed E-state index contributed by atoms with van der Waals surface area (Å²) in [6, 6.07) is 12.0. The Hall–Kier alpha value is -3.95. The van der Waals surface area contributed by atoms with Crippen LogP contribution in [-0.2, 0) is 6.18 Å². The van der Waals surface area contributed by atoms with Crippen molar-refractivity contribution in [3.63, 3.8) is 0 Å². The number of amides is 2. The average Bonchev–Trinajstić information content (AvgIpc) is 2.79. The van der Waals surface area contributed by atoms with Gasteiger partial charge in [-0.1, -0.05) is 23.8 Å². The van der Waals surface area contributed by atoms with Crippen molar-refractivity contribution in [2.24, 2.45) is 5.73 Å². The third-order valence-electron chi connectivity index (χ3n) is 5.24. The summed E-state index contributed by atoms with van der Waals surface area (Å²) in [5, 5.41) is 8.03. The van der Waals surface area contributed by atoms with Crippen LogP contribution in [0, 0.1) is 0 Å². The molecule has 3 aromatic rings. The van der Waals surface area contributed by atoms with Crippen LogP contribution in [0.4, 0.5) is 18.0 Å². The van der Waals surface area contributed by atoms with E-state index in [1.54, 1.807) is 35.4 Å². The highest BCUT2D eigenvalue weighted by Crippen LogP contribution is 2.34. The van der Waals surface area contributed by atoms with Gasteiger partial charge in [-0.3, -0.25) is 0 Å². The predicted molar refractivity (Wildman–Crippen MR) is 114 cm³/mol. The number of likely N-dealkylation sites (tertiary alicyclic amines) is 1. The summed E-state index contributed by atoms with van der Waals surface area (Å²) in [6.07, 6.45) is 1.03. The molecule has 2 N–H and O–H groups in total. The van der Waals surface area contributed by atoms with Gasteiger partial charge >= 0.3 is 12.2 Å². The molecular weight excluding hydrogens is 435 g/mol. The van der Waals surface area contributed by atoms with Crippen molar-refractivity contribution >= 4 is 12.1 Å². The fourth-order valence-corrected chi connectivity index (χ4v) is 3.66. The molecule has 1 saturated heterocycles. The Labute approximate surface area is 187 Å². The van der Waals surface area contributed by atoms with Crippen LogP contribution in [0.3, 0.4) is 0 Å². The first-order valence-corrected chi connectivity index (χ1v) is 10.1. The van der Waals surface area contributed by atoms with Crippen molar-refractivity contribution in [1.29, 1.82) is 0 Å². The number of primary amides is 1. The van der Waals surface area contributed by atoms with Crippen LogP contribution >= 0.6 is 0 Å². The Morgan fingerprint density at radius 1 is 1.18 bits per heavy atom. The van der Waals surface area contributed by atoms with E-state index in [0.717, 1.165) is 23.4 Å². The lowest BCUT2D eigenvalue weighted by atomic mass is 9.93. The van der Waals surface area contributed by atoms with Gasteiger partial charge in [-0.15, -0.1) is 0 Å². The van der Waals surface area contributed by atoms with Crippen LogP contribution in [0.2, 0.25) is 0 Å². The molecule has 10 heteroatoms. The Morgan fingerprint density at radius 2 is 2.03 bits per heavy atom. The van der Waals surface area contributed by atoms with Gasteiger partial charge in [-0.2, -0.15) is 23.4 Å². The molecule has 0 saturated carbocycles. The zero-order valence-electron chi connectivity index (χ0n) is 17.4. The average molecular weight is 455 g/mol. The largest absolute Gasteiger partial charge is 0.439 e. The standard InChI is InChI=1S/C23H20F3N5O2/c24-23(25,26)17-6-7-21(28-14-17)33-18-4-1-3-15(12-18)11-16-8-10-31(22(27)32)20(13-16)19-5-2-9-29-30-19/h1-7,9,11-12,14,20H,8,10,13H2,(H2,27,32). The minimum Gasteiger partial charge on any atom is -0.439 e. The Bertz CT molecular complexity index is 1150. The SMILES string of the molecule is NC(=O)N1CCC(=Cc2cccc(Oc3ccc(C(F)(F)F)cn3)c2)CC1c1cccnn1. The summed E-state index contributed by atoms with van der Waals surface area (Å²) in [5.74, 6) is 0.502. The molecule has 1 unspecified atom stereocenters. The number of ether oxygens (including phenoxy) is 1. The van der Waals surface area contributed by atoms with Crippen molar-refractivity contribution in [2.45, 2.75) is 25.1 Å². The Morgan fingerprint density at radius 3 is 2.70 bits per heavy atom. The van der Waals surface area contributed by atoms with Gasteiger partial charge in [0.05, 0.1) is 17.3 Å². The van der Waals surface area contributed by atoms with Gasteiger partial charge in [0, 0.05) is 25.0 Å². The van der Waals surface area contributed by atoms with Crippen molar-refractivity contribution in [3.05, 3.63) is 83.3 Å². The van der Waals surface area contributed by atoms with Gasteiger partial charge in [0.2, 0.25) is 5.88 Å². The molecule has 4 rings (SSSR count). The quantitative estimate of drug-likeness (QED) is 0.599. The number of benzene rings is 1. The number of urea groups is 1. The molecule has 1 atom stereocenters. The van der Waals surface area contributed by atoms with Crippen molar-refractivity contribution in [1.82, 2.24) is 20.1 Å². The second-order valence-corrected chi connectivity index (χ2v) is 7.51. The number of carbonyl (C=O) groups excluding carboxylic acids is 1. The summed E-state index contributed by atoms with van der Waals surface area (Å²) >= 11 is 0. The number of alkyl halides is 3. The number of nitrogens with zero attached hydrogens (tertiary/aromatic N) is 4. The highest BCUT2D eigenvalue weighted by Gasteiger charge is 2.31. The maximum absolute atomic E-state index is 12.7. The second kappa shape index (κ2) is 9.27. The van der Waals surface area contributed by atoms with Crippen LogP contribution in [0.25, 0.3) is 6.08 Å². The fourth-order valence-electron chi connectivity index (χ4n) is 3.66. The number of halogens is 3. The van der Waals surface area contributed by atoms with Gasteiger partial charge in [0.25, 0.3) is 0 Å². The minimum absolute atomic E-state index is 0.0604. The van der Waals surface area contributed by atoms with Gasteiger partial charge in [-0.25, -0.2) is 9.78 Å². The molecule has 33 heavy (non-hydrogen) atoms. The molecule has 7 nitrogen and oxygen atoms in total. The van der Waals surface area contributed by atoms with Gasteiger partial charge in [0.1, 0.15) is 5.75 Å². The molecule has 0 spiro atoms. The van der Waals surface area contributed by atoms with E-state index >= 15 is 0 Å². The zero-order chi connectivity index (χ0) is 23.4. The first kappa shape index (κ1) is 22.3. The number of rotatable bonds is 4. The third-order valence-corrected chi connectivity index (χ3v) is 5.24. The number of nitrogens with two attached hydrogens (primary N) is 1. The van der Waals surface area contributed by atoms with Crippen LogP contribution in [0.5, 0.6) is 11.6 Å². The fraction of sp³-hybridized carbons (Fsp3) is 0.217. The van der Waals surface area contributed by atoms with Gasteiger partial charge in [-0.05, 0) is 48.7 Å². The maximum atomic E-state index is 12.7. The number of piperidine rings is 1. The van der Waals surface area contributed by atoms with Gasteiger partial charge in [0.15, 0.2) is 0 Å². The van der Waals surface area contributed by atoms with Crippen LogP contribution < -0.4 is 10.5 Å². The topological polar surface area (TPSA) is 94.2 Å². The van der Waals surface area contributed by atoms with E-state index in [4.69, 9.17) is 10.5 Å². The number of pyridine rings is 1. The molecule has 1 aliphatic rings. The molecule has 1 aromatic carbocycles. The summed E-state index contributed by atoms with van der Waals surface area (Å²) in [5.41, 5.74) is 7.31.